The van der Waals surface area contributed by atoms with E-state index in [1.807, 2.05) is 12.3 Å². The molecule has 2 aromatic rings. The molecule has 5 rings (SSSR count). The summed E-state index contributed by atoms with van der Waals surface area (Å²) in [5.74, 6) is 2.84. The molecule has 176 valence electrons. The van der Waals surface area contributed by atoms with Crippen molar-refractivity contribution in [1.29, 1.82) is 0 Å². The number of hydrogen-bond donors (Lipinski definition) is 0. The number of rotatable bonds is 6. The second-order valence-corrected chi connectivity index (χ2v) is 10.1. The van der Waals surface area contributed by atoms with Gasteiger partial charge in [0.1, 0.15) is 5.82 Å². The van der Waals surface area contributed by atoms with Gasteiger partial charge in [0, 0.05) is 55.6 Å². The second-order valence-electron chi connectivity index (χ2n) is 10.1. The third-order valence-electron chi connectivity index (χ3n) is 7.79. The fraction of sp³-hybridized carbons (Fsp3) is 0.630. The molecular formula is C27H37N5O. The van der Waals surface area contributed by atoms with Crippen LogP contribution in [0.5, 0.6) is 0 Å². The van der Waals surface area contributed by atoms with E-state index in [0.29, 0.717) is 18.2 Å². The maximum Gasteiger partial charge on any atom is 0.223 e. The van der Waals surface area contributed by atoms with Crippen LogP contribution < -0.4 is 4.90 Å². The molecule has 1 saturated carbocycles. The van der Waals surface area contributed by atoms with Crippen molar-refractivity contribution in [3.05, 3.63) is 47.2 Å². The number of carbonyl (C=O) groups excluding carboxylic acids is 1. The third kappa shape index (κ3) is 5.04. The minimum atomic E-state index is 0.0243. The predicted octanol–water partition coefficient (Wildman–Crippen LogP) is 4.81. The molecule has 2 aliphatic heterocycles. The van der Waals surface area contributed by atoms with E-state index in [9.17, 15) is 4.79 Å². The summed E-state index contributed by atoms with van der Waals surface area (Å²) in [7, 11) is 0. The van der Waals surface area contributed by atoms with Crippen molar-refractivity contribution in [2.24, 2.45) is 5.92 Å². The predicted molar refractivity (Wildman–Crippen MR) is 130 cm³/mol. The number of carbonyl (C=O) groups is 1. The summed E-state index contributed by atoms with van der Waals surface area (Å²) in [6.07, 6.45) is 13.8. The van der Waals surface area contributed by atoms with E-state index in [4.69, 9.17) is 9.97 Å². The van der Waals surface area contributed by atoms with Gasteiger partial charge in [0.15, 0.2) is 5.82 Å². The smallest absolute Gasteiger partial charge is 0.223 e. The van der Waals surface area contributed by atoms with Crippen LogP contribution in [-0.2, 0) is 17.6 Å². The average molecular weight is 448 g/mol. The number of piperidine rings is 1. The van der Waals surface area contributed by atoms with Gasteiger partial charge < -0.3 is 9.80 Å². The van der Waals surface area contributed by atoms with E-state index in [-0.39, 0.29) is 6.04 Å². The maximum atomic E-state index is 13.3. The summed E-state index contributed by atoms with van der Waals surface area (Å²) in [6.45, 7) is 4.90. The van der Waals surface area contributed by atoms with Crippen LogP contribution in [0.3, 0.4) is 0 Å². The normalized spacial score (nSPS) is 21.3. The number of pyridine rings is 1. The second kappa shape index (κ2) is 10.2. The summed E-state index contributed by atoms with van der Waals surface area (Å²) in [5.41, 5.74) is 3.49. The number of aryl methyl sites for hydroxylation is 1. The van der Waals surface area contributed by atoms with Crippen molar-refractivity contribution in [3.63, 3.8) is 0 Å². The van der Waals surface area contributed by atoms with Crippen LogP contribution in [0, 0.1) is 12.8 Å². The molecular weight excluding hydrogens is 410 g/mol. The van der Waals surface area contributed by atoms with E-state index in [2.05, 4.69) is 33.8 Å². The Morgan fingerprint density at radius 2 is 1.88 bits per heavy atom. The highest BCUT2D eigenvalue weighted by atomic mass is 16.2. The first kappa shape index (κ1) is 22.3. The van der Waals surface area contributed by atoms with Gasteiger partial charge in [0.25, 0.3) is 0 Å². The summed E-state index contributed by atoms with van der Waals surface area (Å²) < 4.78 is 0. The molecule has 1 amide bonds. The number of aromatic nitrogens is 3. The van der Waals surface area contributed by atoms with Crippen molar-refractivity contribution >= 4 is 11.7 Å². The molecule has 0 radical (unpaired) electrons. The number of fused-ring (bicyclic) bond motifs is 1. The number of amides is 1. The molecule has 6 nitrogen and oxygen atoms in total. The first-order valence-electron chi connectivity index (χ1n) is 13.0. The highest BCUT2D eigenvalue weighted by Gasteiger charge is 2.33. The number of likely N-dealkylation sites (tertiary alicyclic amines) is 1. The fourth-order valence-corrected chi connectivity index (χ4v) is 5.95. The molecule has 0 unspecified atom stereocenters. The monoisotopic (exact) mass is 447 g/mol. The van der Waals surface area contributed by atoms with Crippen LogP contribution in [0.2, 0.25) is 0 Å². The molecule has 1 atom stereocenters. The Kier molecular flexibility index (Phi) is 6.88. The SMILES string of the molecule is Cc1nc([C@@H]2CCCCN2C(=O)CC2CCCC2)nc2c1CCCN2CCc1ccccn1. The number of nitrogens with zero attached hydrogens (tertiary/aromatic N) is 5. The lowest BCUT2D eigenvalue weighted by Gasteiger charge is -2.37. The standard InChI is InChI=1S/C27H37N5O/c1-20-23-12-8-16-31(18-14-22-11-4-6-15-28-22)27(23)30-26(29-20)24-13-5-7-17-32(24)25(33)19-21-9-2-3-10-21/h4,6,11,15,21,24H,2-3,5,7-10,12-14,16-19H2,1H3/t24-/m0/s1. The van der Waals surface area contributed by atoms with Crippen LogP contribution in [0.4, 0.5) is 5.82 Å². The average Bonchev–Trinajstić information content (AvgIpc) is 3.36. The van der Waals surface area contributed by atoms with Crippen LogP contribution in [-0.4, -0.2) is 45.4 Å². The molecule has 3 aliphatic rings. The van der Waals surface area contributed by atoms with Gasteiger partial charge >= 0.3 is 0 Å². The Labute approximate surface area is 197 Å². The van der Waals surface area contributed by atoms with Gasteiger partial charge in [0.2, 0.25) is 5.91 Å². The van der Waals surface area contributed by atoms with E-state index >= 15 is 0 Å². The molecule has 1 saturated heterocycles. The Morgan fingerprint density at radius 3 is 2.70 bits per heavy atom. The van der Waals surface area contributed by atoms with Crippen molar-refractivity contribution in [3.8, 4) is 0 Å². The first-order valence-corrected chi connectivity index (χ1v) is 13.0. The van der Waals surface area contributed by atoms with Gasteiger partial charge in [-0.25, -0.2) is 9.97 Å². The first-order chi connectivity index (χ1) is 16.2. The van der Waals surface area contributed by atoms with Crippen LogP contribution >= 0.6 is 0 Å². The molecule has 2 fully saturated rings. The fourth-order valence-electron chi connectivity index (χ4n) is 5.95. The van der Waals surface area contributed by atoms with Gasteiger partial charge in [-0.1, -0.05) is 18.9 Å². The van der Waals surface area contributed by atoms with E-state index in [1.54, 1.807) is 0 Å². The number of hydrogen-bond acceptors (Lipinski definition) is 5. The maximum absolute atomic E-state index is 13.3. The largest absolute Gasteiger partial charge is 0.356 e. The molecule has 33 heavy (non-hydrogen) atoms. The van der Waals surface area contributed by atoms with Gasteiger partial charge in [-0.2, -0.15) is 0 Å². The lowest BCUT2D eigenvalue weighted by Crippen LogP contribution is -2.40. The van der Waals surface area contributed by atoms with Crippen molar-refractivity contribution in [1.82, 2.24) is 19.9 Å². The molecule has 4 heterocycles. The van der Waals surface area contributed by atoms with Gasteiger partial charge in [-0.05, 0) is 69.9 Å². The summed E-state index contributed by atoms with van der Waals surface area (Å²) in [5, 5.41) is 0. The summed E-state index contributed by atoms with van der Waals surface area (Å²) in [4.78, 5) is 32.5. The van der Waals surface area contributed by atoms with Gasteiger partial charge in [-0.15, -0.1) is 0 Å². The minimum Gasteiger partial charge on any atom is -0.356 e. The van der Waals surface area contributed by atoms with E-state index in [1.165, 1.54) is 31.2 Å². The highest BCUT2D eigenvalue weighted by Crippen LogP contribution is 2.35. The Balaban J connectivity index is 1.37. The number of anilines is 1. The van der Waals surface area contributed by atoms with Gasteiger partial charge in [-0.3, -0.25) is 9.78 Å². The van der Waals surface area contributed by atoms with Crippen LogP contribution in [0.25, 0.3) is 0 Å². The topological polar surface area (TPSA) is 62.2 Å². The molecule has 0 aromatic carbocycles. The van der Waals surface area contributed by atoms with Crippen molar-refractivity contribution in [2.45, 2.75) is 83.6 Å². The molecule has 0 bridgehead atoms. The lowest BCUT2D eigenvalue weighted by atomic mass is 9.97. The Hall–Kier alpha value is -2.50. The summed E-state index contributed by atoms with van der Waals surface area (Å²) in [6, 6.07) is 6.14. The molecule has 0 N–H and O–H groups in total. The van der Waals surface area contributed by atoms with Crippen molar-refractivity contribution in [2.75, 3.05) is 24.5 Å². The van der Waals surface area contributed by atoms with Crippen LogP contribution in [0.1, 0.15) is 86.6 Å². The Morgan fingerprint density at radius 1 is 1.03 bits per heavy atom. The molecule has 2 aromatic heterocycles. The molecule has 6 heteroatoms. The molecule has 1 aliphatic carbocycles. The minimum absolute atomic E-state index is 0.0243. The zero-order valence-corrected chi connectivity index (χ0v) is 20.0. The Bertz CT molecular complexity index is 956. The third-order valence-corrected chi connectivity index (χ3v) is 7.79. The van der Waals surface area contributed by atoms with E-state index < -0.39 is 0 Å². The zero-order chi connectivity index (χ0) is 22.6. The van der Waals surface area contributed by atoms with Crippen molar-refractivity contribution < 1.29 is 4.79 Å². The van der Waals surface area contributed by atoms with Crippen LogP contribution in [0.15, 0.2) is 24.4 Å². The summed E-state index contributed by atoms with van der Waals surface area (Å²) >= 11 is 0. The van der Waals surface area contributed by atoms with E-state index in [0.717, 1.165) is 81.2 Å². The highest BCUT2D eigenvalue weighted by molar-refractivity contribution is 5.77. The quantitative estimate of drug-likeness (QED) is 0.636. The lowest BCUT2D eigenvalue weighted by molar-refractivity contribution is -0.136. The zero-order valence-electron chi connectivity index (χ0n) is 20.0. The van der Waals surface area contributed by atoms with Gasteiger partial charge in [0.05, 0.1) is 6.04 Å². The molecule has 0 spiro atoms.